The zero-order chi connectivity index (χ0) is 14.6. The van der Waals surface area contributed by atoms with Crippen LogP contribution in [0.15, 0.2) is 20.9 Å². The number of ether oxygens (including phenoxy) is 1. The van der Waals surface area contributed by atoms with Crippen LogP contribution in [0, 0.1) is 0 Å². The van der Waals surface area contributed by atoms with E-state index in [1.807, 2.05) is 6.92 Å². The van der Waals surface area contributed by atoms with E-state index in [-0.39, 0.29) is 0 Å². The molecule has 0 fully saturated rings. The minimum absolute atomic E-state index is 0.713. The number of halogens is 1. The number of nitrogens with one attached hydrogen (secondary N) is 2. The second-order valence-electron chi connectivity index (χ2n) is 4.23. The topological polar surface area (TPSA) is 45.7 Å². The summed E-state index contributed by atoms with van der Waals surface area (Å²) < 4.78 is 6.47. The van der Waals surface area contributed by atoms with Crippen LogP contribution in [-0.2, 0) is 11.3 Å². The zero-order valence-electron chi connectivity index (χ0n) is 12.2. The molecule has 6 heteroatoms. The van der Waals surface area contributed by atoms with E-state index >= 15 is 0 Å². The molecule has 2 N–H and O–H groups in total. The maximum Gasteiger partial charge on any atom is 0.191 e. The normalized spacial score (nSPS) is 11.7. The third-order valence-electron chi connectivity index (χ3n) is 2.58. The predicted molar refractivity (Wildman–Crippen MR) is 90.6 cm³/mol. The molecule has 0 bridgehead atoms. The van der Waals surface area contributed by atoms with E-state index < -0.39 is 0 Å². The summed E-state index contributed by atoms with van der Waals surface area (Å²) in [6, 6.07) is 4.16. The first-order valence-electron chi connectivity index (χ1n) is 7.10. The van der Waals surface area contributed by atoms with Crippen LogP contribution in [-0.4, -0.2) is 32.3 Å². The molecular weight excluding hydrogens is 338 g/mol. The van der Waals surface area contributed by atoms with Crippen molar-refractivity contribution < 1.29 is 4.74 Å². The Bertz CT molecular complexity index is 396. The van der Waals surface area contributed by atoms with Crippen molar-refractivity contribution >= 4 is 33.2 Å². The van der Waals surface area contributed by atoms with Crippen LogP contribution in [0.2, 0.25) is 0 Å². The van der Waals surface area contributed by atoms with Gasteiger partial charge in [-0.15, -0.1) is 11.3 Å². The van der Waals surface area contributed by atoms with Crippen molar-refractivity contribution in [3.63, 3.8) is 0 Å². The van der Waals surface area contributed by atoms with E-state index in [4.69, 9.17) is 4.74 Å². The van der Waals surface area contributed by atoms with Crippen molar-refractivity contribution in [1.82, 2.24) is 10.6 Å². The number of aliphatic imine (C=N–C) groups is 1. The first-order chi connectivity index (χ1) is 9.76. The molecule has 114 valence electrons. The molecule has 0 radical (unpaired) electrons. The van der Waals surface area contributed by atoms with Gasteiger partial charge in [-0.3, -0.25) is 0 Å². The molecule has 0 amide bonds. The van der Waals surface area contributed by atoms with Crippen molar-refractivity contribution in [2.75, 3.05) is 26.3 Å². The Morgan fingerprint density at radius 2 is 2.15 bits per heavy atom. The Kier molecular flexibility index (Phi) is 9.70. The minimum atomic E-state index is 0.713. The SMILES string of the molecule is CCNC(=NCc1ccc(Br)s1)NCCCCOCC. The summed E-state index contributed by atoms with van der Waals surface area (Å²) in [6.07, 6.45) is 2.17. The van der Waals surface area contributed by atoms with Gasteiger partial charge in [0.15, 0.2) is 5.96 Å². The average Bonchev–Trinajstić information content (AvgIpc) is 2.85. The van der Waals surface area contributed by atoms with Gasteiger partial charge < -0.3 is 15.4 Å². The highest BCUT2D eigenvalue weighted by molar-refractivity contribution is 9.11. The molecule has 0 aliphatic carbocycles. The summed E-state index contributed by atoms with van der Waals surface area (Å²) in [4.78, 5) is 5.84. The molecule has 1 rings (SSSR count). The van der Waals surface area contributed by atoms with Gasteiger partial charge in [0.25, 0.3) is 0 Å². The number of nitrogens with zero attached hydrogens (tertiary/aromatic N) is 1. The van der Waals surface area contributed by atoms with Crippen molar-refractivity contribution in [1.29, 1.82) is 0 Å². The Labute approximate surface area is 134 Å². The number of thiophene rings is 1. The summed E-state index contributed by atoms with van der Waals surface area (Å²) in [5, 5.41) is 6.61. The Morgan fingerprint density at radius 1 is 1.30 bits per heavy atom. The molecule has 1 aromatic heterocycles. The summed E-state index contributed by atoms with van der Waals surface area (Å²) in [5.41, 5.74) is 0. The van der Waals surface area contributed by atoms with Crippen LogP contribution in [0.25, 0.3) is 0 Å². The third kappa shape index (κ3) is 7.87. The molecule has 1 heterocycles. The van der Waals surface area contributed by atoms with Gasteiger partial charge in [0, 0.05) is 31.2 Å². The number of rotatable bonds is 9. The van der Waals surface area contributed by atoms with Crippen LogP contribution in [0.3, 0.4) is 0 Å². The Balaban J connectivity index is 2.28. The van der Waals surface area contributed by atoms with Gasteiger partial charge in [0.2, 0.25) is 0 Å². The molecule has 4 nitrogen and oxygen atoms in total. The fourth-order valence-electron chi connectivity index (χ4n) is 1.62. The second kappa shape index (κ2) is 11.1. The molecule has 0 aromatic carbocycles. The van der Waals surface area contributed by atoms with E-state index in [0.29, 0.717) is 6.54 Å². The van der Waals surface area contributed by atoms with Crippen LogP contribution in [0.1, 0.15) is 31.6 Å². The van der Waals surface area contributed by atoms with Crippen molar-refractivity contribution in [3.8, 4) is 0 Å². The molecule has 0 atom stereocenters. The van der Waals surface area contributed by atoms with Crippen molar-refractivity contribution in [2.24, 2.45) is 4.99 Å². The summed E-state index contributed by atoms with van der Waals surface area (Å²) in [6.45, 7) is 8.25. The van der Waals surface area contributed by atoms with Gasteiger partial charge in [-0.2, -0.15) is 0 Å². The monoisotopic (exact) mass is 361 g/mol. The molecule has 0 aliphatic rings. The summed E-state index contributed by atoms with van der Waals surface area (Å²) >= 11 is 5.19. The molecule has 0 aliphatic heterocycles. The van der Waals surface area contributed by atoms with Gasteiger partial charge in [0.05, 0.1) is 10.3 Å². The number of unbranched alkanes of at least 4 members (excludes halogenated alkanes) is 1. The predicted octanol–water partition coefficient (Wildman–Crippen LogP) is 3.38. The summed E-state index contributed by atoms with van der Waals surface area (Å²) in [5.74, 6) is 0.883. The highest BCUT2D eigenvalue weighted by atomic mass is 79.9. The van der Waals surface area contributed by atoms with E-state index in [2.05, 4.69) is 50.6 Å². The van der Waals surface area contributed by atoms with Gasteiger partial charge in [-0.25, -0.2) is 4.99 Å². The van der Waals surface area contributed by atoms with Crippen LogP contribution in [0.5, 0.6) is 0 Å². The number of hydrogen-bond acceptors (Lipinski definition) is 3. The smallest absolute Gasteiger partial charge is 0.191 e. The van der Waals surface area contributed by atoms with E-state index in [1.54, 1.807) is 11.3 Å². The molecule has 0 saturated carbocycles. The van der Waals surface area contributed by atoms with Gasteiger partial charge >= 0.3 is 0 Å². The van der Waals surface area contributed by atoms with Crippen LogP contribution in [0.4, 0.5) is 0 Å². The molecule has 0 spiro atoms. The quantitative estimate of drug-likeness (QED) is 0.402. The largest absolute Gasteiger partial charge is 0.382 e. The highest BCUT2D eigenvalue weighted by Gasteiger charge is 1.99. The number of hydrogen-bond donors (Lipinski definition) is 2. The van der Waals surface area contributed by atoms with Gasteiger partial charge in [-0.1, -0.05) is 0 Å². The fraction of sp³-hybridized carbons (Fsp3) is 0.643. The Hall–Kier alpha value is -0.590. The lowest BCUT2D eigenvalue weighted by atomic mass is 10.3. The van der Waals surface area contributed by atoms with E-state index in [1.165, 1.54) is 4.88 Å². The van der Waals surface area contributed by atoms with Gasteiger partial charge in [-0.05, 0) is 54.8 Å². The fourth-order valence-corrected chi connectivity index (χ4v) is 3.02. The lowest BCUT2D eigenvalue weighted by Crippen LogP contribution is -2.37. The molecule has 1 aromatic rings. The number of guanidine groups is 1. The first kappa shape index (κ1) is 17.5. The molecular formula is C14H24BrN3OS. The first-order valence-corrected chi connectivity index (χ1v) is 8.71. The molecule has 20 heavy (non-hydrogen) atoms. The van der Waals surface area contributed by atoms with E-state index in [0.717, 1.165) is 48.9 Å². The van der Waals surface area contributed by atoms with Crippen molar-refractivity contribution in [2.45, 2.75) is 33.2 Å². The van der Waals surface area contributed by atoms with Crippen molar-refractivity contribution in [3.05, 3.63) is 20.8 Å². The maximum atomic E-state index is 5.32. The summed E-state index contributed by atoms with van der Waals surface area (Å²) in [7, 11) is 0. The second-order valence-corrected chi connectivity index (χ2v) is 6.78. The van der Waals surface area contributed by atoms with Crippen LogP contribution >= 0.6 is 27.3 Å². The van der Waals surface area contributed by atoms with Crippen LogP contribution < -0.4 is 10.6 Å². The van der Waals surface area contributed by atoms with Gasteiger partial charge in [0.1, 0.15) is 0 Å². The molecule has 0 saturated heterocycles. The Morgan fingerprint density at radius 3 is 2.80 bits per heavy atom. The lowest BCUT2D eigenvalue weighted by Gasteiger charge is -2.10. The standard InChI is InChI=1S/C14H24BrN3OS/c1-3-16-14(17-9-5-6-10-19-4-2)18-11-12-7-8-13(15)20-12/h7-8H,3-6,9-11H2,1-2H3,(H2,16,17,18). The lowest BCUT2D eigenvalue weighted by molar-refractivity contribution is 0.143. The maximum absolute atomic E-state index is 5.32. The minimum Gasteiger partial charge on any atom is -0.382 e. The molecule has 0 unspecified atom stereocenters. The highest BCUT2D eigenvalue weighted by Crippen LogP contribution is 2.22. The zero-order valence-corrected chi connectivity index (χ0v) is 14.6. The average molecular weight is 362 g/mol. The third-order valence-corrected chi connectivity index (χ3v) is 4.19. The van der Waals surface area contributed by atoms with E-state index in [9.17, 15) is 0 Å².